The Morgan fingerprint density at radius 1 is 1.37 bits per heavy atom. The van der Waals surface area contributed by atoms with Crippen LogP contribution >= 0.6 is 0 Å². The van der Waals surface area contributed by atoms with E-state index >= 15 is 0 Å². The Labute approximate surface area is 114 Å². The van der Waals surface area contributed by atoms with Crippen molar-refractivity contribution >= 4 is 6.09 Å². The Morgan fingerprint density at radius 2 is 1.95 bits per heavy atom. The molecule has 2 atom stereocenters. The van der Waals surface area contributed by atoms with Crippen molar-refractivity contribution in [1.82, 2.24) is 5.32 Å². The molecule has 1 aliphatic rings. The van der Waals surface area contributed by atoms with E-state index in [1.54, 1.807) is 0 Å². The molecule has 0 aromatic heterocycles. The summed E-state index contributed by atoms with van der Waals surface area (Å²) in [7, 11) is 0. The van der Waals surface area contributed by atoms with Gasteiger partial charge >= 0.3 is 6.09 Å². The largest absolute Gasteiger partial charge is 0.444 e. The van der Waals surface area contributed by atoms with E-state index in [4.69, 9.17) is 9.47 Å². The van der Waals surface area contributed by atoms with Crippen LogP contribution in [0.2, 0.25) is 0 Å². The quantitative estimate of drug-likeness (QED) is 0.853. The summed E-state index contributed by atoms with van der Waals surface area (Å²) in [5.74, 6) is 0. The average molecular weight is 263 g/mol. The zero-order valence-corrected chi connectivity index (χ0v) is 11.9. The molecule has 0 radical (unpaired) electrons. The van der Waals surface area contributed by atoms with Gasteiger partial charge in [0.05, 0.1) is 0 Å². The standard InChI is InChI=1S/C15H21NO3/c1-11-15(18-11,10-12-8-6-5-7-9-12)16-13(17)19-14(2,3)4/h5-9,11H,10H2,1-4H3,(H,16,17). The van der Waals surface area contributed by atoms with Gasteiger partial charge in [0.15, 0.2) is 5.72 Å². The minimum atomic E-state index is -0.621. The first-order valence-corrected chi connectivity index (χ1v) is 6.54. The monoisotopic (exact) mass is 263 g/mol. The van der Waals surface area contributed by atoms with Crippen molar-refractivity contribution < 1.29 is 14.3 Å². The van der Waals surface area contributed by atoms with Gasteiger partial charge in [0, 0.05) is 6.42 Å². The summed E-state index contributed by atoms with van der Waals surface area (Å²) in [5.41, 5.74) is 0.00253. The molecule has 1 saturated heterocycles. The van der Waals surface area contributed by atoms with Crippen LogP contribution in [-0.4, -0.2) is 23.5 Å². The first-order valence-electron chi connectivity index (χ1n) is 6.54. The van der Waals surface area contributed by atoms with Crippen molar-refractivity contribution in [2.45, 2.75) is 51.5 Å². The molecule has 2 rings (SSSR count). The number of carbonyl (C=O) groups excluding carboxylic acids is 1. The second-order valence-corrected chi connectivity index (χ2v) is 5.94. The zero-order valence-electron chi connectivity index (χ0n) is 11.9. The second-order valence-electron chi connectivity index (χ2n) is 5.94. The van der Waals surface area contributed by atoms with Gasteiger partial charge in [-0.05, 0) is 33.3 Å². The third kappa shape index (κ3) is 3.70. The van der Waals surface area contributed by atoms with E-state index in [2.05, 4.69) is 5.32 Å². The maximum atomic E-state index is 11.8. The molecule has 104 valence electrons. The number of rotatable bonds is 3. The average Bonchev–Trinajstić information content (AvgIpc) is 2.86. The second kappa shape index (κ2) is 4.85. The van der Waals surface area contributed by atoms with Crippen molar-refractivity contribution in [3.8, 4) is 0 Å². The lowest BCUT2D eigenvalue weighted by Gasteiger charge is -2.22. The minimum Gasteiger partial charge on any atom is -0.444 e. The zero-order chi connectivity index (χ0) is 14.1. The Balaban J connectivity index is 1.98. The molecule has 1 fully saturated rings. The van der Waals surface area contributed by atoms with Crippen LogP contribution in [-0.2, 0) is 15.9 Å². The predicted molar refractivity (Wildman–Crippen MR) is 72.8 cm³/mol. The molecule has 19 heavy (non-hydrogen) atoms. The number of carbonyl (C=O) groups is 1. The number of epoxide rings is 1. The molecule has 1 heterocycles. The van der Waals surface area contributed by atoms with Crippen molar-refractivity contribution in [1.29, 1.82) is 0 Å². The number of hydrogen-bond acceptors (Lipinski definition) is 3. The van der Waals surface area contributed by atoms with Crippen molar-refractivity contribution in [3.63, 3.8) is 0 Å². The van der Waals surface area contributed by atoms with Gasteiger partial charge in [-0.1, -0.05) is 30.3 Å². The van der Waals surface area contributed by atoms with E-state index in [-0.39, 0.29) is 6.10 Å². The predicted octanol–water partition coefficient (Wildman–Crippen LogP) is 2.87. The molecule has 2 unspecified atom stereocenters. The first-order chi connectivity index (χ1) is 8.81. The van der Waals surface area contributed by atoms with Crippen LogP contribution in [0.15, 0.2) is 30.3 Å². The van der Waals surface area contributed by atoms with Crippen LogP contribution in [0.3, 0.4) is 0 Å². The van der Waals surface area contributed by atoms with Gasteiger partial charge in [-0.25, -0.2) is 4.79 Å². The highest BCUT2D eigenvalue weighted by atomic mass is 16.6. The topological polar surface area (TPSA) is 50.9 Å². The van der Waals surface area contributed by atoms with E-state index in [1.807, 2.05) is 58.0 Å². The Morgan fingerprint density at radius 3 is 2.42 bits per heavy atom. The summed E-state index contributed by atoms with van der Waals surface area (Å²) in [5, 5.41) is 2.84. The Kier molecular flexibility index (Phi) is 3.54. The van der Waals surface area contributed by atoms with Crippen LogP contribution in [0.25, 0.3) is 0 Å². The normalized spacial score (nSPS) is 25.8. The van der Waals surface area contributed by atoms with Gasteiger partial charge in [0.1, 0.15) is 11.7 Å². The molecule has 1 N–H and O–H groups in total. The summed E-state index contributed by atoms with van der Waals surface area (Å²) in [6.07, 6.45) is 0.210. The molecular weight excluding hydrogens is 242 g/mol. The number of alkyl carbamates (subject to hydrolysis) is 1. The molecule has 0 saturated carbocycles. The van der Waals surface area contributed by atoms with Crippen LogP contribution in [0.1, 0.15) is 33.3 Å². The first kappa shape index (κ1) is 13.9. The third-order valence-corrected chi connectivity index (χ3v) is 3.01. The summed E-state index contributed by atoms with van der Waals surface area (Å²) in [4.78, 5) is 11.8. The lowest BCUT2D eigenvalue weighted by Crippen LogP contribution is -2.44. The maximum absolute atomic E-state index is 11.8. The molecule has 1 amide bonds. The van der Waals surface area contributed by atoms with Gasteiger partial charge in [-0.15, -0.1) is 0 Å². The van der Waals surface area contributed by atoms with Crippen LogP contribution in [0.4, 0.5) is 4.79 Å². The molecule has 0 aliphatic carbocycles. The molecule has 1 aromatic carbocycles. The van der Waals surface area contributed by atoms with Gasteiger partial charge in [-0.2, -0.15) is 0 Å². The van der Waals surface area contributed by atoms with Crippen molar-refractivity contribution in [2.75, 3.05) is 0 Å². The maximum Gasteiger partial charge on any atom is 0.409 e. The fourth-order valence-corrected chi connectivity index (χ4v) is 2.02. The van der Waals surface area contributed by atoms with Crippen molar-refractivity contribution in [2.24, 2.45) is 0 Å². The number of nitrogens with one attached hydrogen (secondary N) is 1. The molecule has 1 aliphatic heterocycles. The van der Waals surface area contributed by atoms with Gasteiger partial charge in [0.2, 0.25) is 0 Å². The summed E-state index contributed by atoms with van der Waals surface area (Å²) in [6.45, 7) is 7.47. The lowest BCUT2D eigenvalue weighted by molar-refractivity contribution is 0.0450. The highest BCUT2D eigenvalue weighted by molar-refractivity contribution is 5.69. The van der Waals surface area contributed by atoms with Crippen LogP contribution in [0, 0.1) is 0 Å². The van der Waals surface area contributed by atoms with Crippen LogP contribution < -0.4 is 5.32 Å². The van der Waals surface area contributed by atoms with Crippen molar-refractivity contribution in [3.05, 3.63) is 35.9 Å². The molecule has 1 aromatic rings. The number of amides is 1. The highest BCUT2D eigenvalue weighted by Crippen LogP contribution is 2.36. The number of hydrogen-bond donors (Lipinski definition) is 1. The smallest absolute Gasteiger partial charge is 0.409 e. The number of ether oxygens (including phenoxy) is 2. The molecule has 0 spiro atoms. The molecule has 4 nitrogen and oxygen atoms in total. The van der Waals surface area contributed by atoms with Gasteiger partial charge in [-0.3, -0.25) is 5.32 Å². The van der Waals surface area contributed by atoms with E-state index in [0.717, 1.165) is 5.56 Å². The summed E-state index contributed by atoms with van der Waals surface area (Å²) in [6, 6.07) is 9.96. The summed E-state index contributed by atoms with van der Waals surface area (Å²) < 4.78 is 10.9. The highest BCUT2D eigenvalue weighted by Gasteiger charge is 2.55. The van der Waals surface area contributed by atoms with Gasteiger partial charge in [0.25, 0.3) is 0 Å². The minimum absolute atomic E-state index is 0.000208. The number of benzene rings is 1. The Bertz CT molecular complexity index is 452. The van der Waals surface area contributed by atoms with E-state index < -0.39 is 17.4 Å². The van der Waals surface area contributed by atoms with Gasteiger partial charge < -0.3 is 9.47 Å². The SMILES string of the molecule is CC1OC1(Cc1ccccc1)NC(=O)OC(C)(C)C. The van der Waals surface area contributed by atoms with Crippen LogP contribution in [0.5, 0.6) is 0 Å². The third-order valence-electron chi connectivity index (χ3n) is 3.01. The fraction of sp³-hybridized carbons (Fsp3) is 0.533. The van der Waals surface area contributed by atoms with E-state index in [0.29, 0.717) is 6.42 Å². The lowest BCUT2D eigenvalue weighted by atomic mass is 10.0. The van der Waals surface area contributed by atoms with E-state index in [9.17, 15) is 4.79 Å². The Hall–Kier alpha value is -1.55. The molecule has 0 bridgehead atoms. The molecular formula is C15H21NO3. The molecule has 4 heteroatoms. The fourth-order valence-electron chi connectivity index (χ4n) is 2.02. The van der Waals surface area contributed by atoms with E-state index in [1.165, 1.54) is 0 Å². The summed E-state index contributed by atoms with van der Waals surface area (Å²) >= 11 is 0.